The molecule has 4 nitrogen and oxygen atoms in total. The molecule has 0 saturated carbocycles. The summed E-state index contributed by atoms with van der Waals surface area (Å²) in [5.74, 6) is -0.398. The standard InChI is InChI=1S/C13H11ClN2O2/c1-18-13(17)6-5-10-8-15-16(9-10)12-4-2-3-11(14)7-12/h2-9H,1H3. The van der Waals surface area contributed by atoms with E-state index in [1.54, 1.807) is 29.2 Å². The van der Waals surface area contributed by atoms with E-state index in [0.717, 1.165) is 11.3 Å². The van der Waals surface area contributed by atoms with E-state index in [9.17, 15) is 4.79 Å². The highest BCUT2D eigenvalue weighted by Gasteiger charge is 2.00. The molecule has 0 spiro atoms. The smallest absolute Gasteiger partial charge is 0.330 e. The van der Waals surface area contributed by atoms with Crippen LogP contribution in [0.15, 0.2) is 42.7 Å². The minimum Gasteiger partial charge on any atom is -0.466 e. The normalized spacial score (nSPS) is 10.8. The van der Waals surface area contributed by atoms with E-state index in [-0.39, 0.29) is 0 Å². The molecule has 2 rings (SSSR count). The van der Waals surface area contributed by atoms with E-state index in [1.807, 2.05) is 18.2 Å². The van der Waals surface area contributed by atoms with Crippen molar-refractivity contribution in [2.24, 2.45) is 0 Å². The first-order valence-electron chi connectivity index (χ1n) is 5.25. The summed E-state index contributed by atoms with van der Waals surface area (Å²) in [6, 6.07) is 7.35. The summed E-state index contributed by atoms with van der Waals surface area (Å²) in [6.07, 6.45) is 6.44. The molecule has 92 valence electrons. The number of carbonyl (C=O) groups is 1. The van der Waals surface area contributed by atoms with Crippen molar-refractivity contribution in [2.45, 2.75) is 0 Å². The molecule has 0 aliphatic heterocycles. The average Bonchev–Trinajstić information content (AvgIpc) is 2.84. The molecule has 0 saturated heterocycles. The van der Waals surface area contributed by atoms with Gasteiger partial charge in [0.05, 0.1) is 19.0 Å². The van der Waals surface area contributed by atoms with Gasteiger partial charge in [-0.3, -0.25) is 0 Å². The van der Waals surface area contributed by atoms with Crippen LogP contribution in [0.1, 0.15) is 5.56 Å². The van der Waals surface area contributed by atoms with Crippen LogP contribution in [0.3, 0.4) is 0 Å². The fraction of sp³-hybridized carbons (Fsp3) is 0.0769. The van der Waals surface area contributed by atoms with Crippen LogP contribution in [0.2, 0.25) is 5.02 Å². The summed E-state index contributed by atoms with van der Waals surface area (Å²) in [4.78, 5) is 11.0. The summed E-state index contributed by atoms with van der Waals surface area (Å²) >= 11 is 5.91. The van der Waals surface area contributed by atoms with Crippen LogP contribution in [0.4, 0.5) is 0 Å². The third kappa shape index (κ3) is 2.99. The first-order chi connectivity index (χ1) is 8.69. The van der Waals surface area contributed by atoms with Crippen LogP contribution >= 0.6 is 11.6 Å². The van der Waals surface area contributed by atoms with Crippen molar-refractivity contribution >= 4 is 23.6 Å². The van der Waals surface area contributed by atoms with Crippen LogP contribution in [-0.2, 0) is 9.53 Å². The molecule has 1 aromatic heterocycles. The topological polar surface area (TPSA) is 44.1 Å². The number of nitrogens with zero attached hydrogens (tertiary/aromatic N) is 2. The van der Waals surface area contributed by atoms with Crippen LogP contribution < -0.4 is 0 Å². The zero-order valence-electron chi connectivity index (χ0n) is 9.71. The van der Waals surface area contributed by atoms with Crippen LogP contribution in [0.25, 0.3) is 11.8 Å². The number of ether oxygens (including phenoxy) is 1. The Bertz CT molecular complexity index is 590. The van der Waals surface area contributed by atoms with Gasteiger partial charge in [0.25, 0.3) is 0 Å². The summed E-state index contributed by atoms with van der Waals surface area (Å²) in [5, 5.41) is 4.83. The highest BCUT2D eigenvalue weighted by Crippen LogP contribution is 2.15. The lowest BCUT2D eigenvalue weighted by Gasteiger charge is -2.00. The van der Waals surface area contributed by atoms with Crippen molar-refractivity contribution in [2.75, 3.05) is 7.11 Å². The lowest BCUT2D eigenvalue weighted by molar-refractivity contribution is -0.134. The van der Waals surface area contributed by atoms with Gasteiger partial charge in [0.2, 0.25) is 0 Å². The number of hydrogen-bond donors (Lipinski definition) is 0. The lowest BCUT2D eigenvalue weighted by Crippen LogP contribution is -1.93. The molecule has 0 aliphatic carbocycles. The first-order valence-corrected chi connectivity index (χ1v) is 5.63. The van der Waals surface area contributed by atoms with E-state index in [4.69, 9.17) is 11.6 Å². The second-order valence-electron chi connectivity index (χ2n) is 3.55. The predicted octanol–water partition coefficient (Wildman–Crippen LogP) is 2.71. The van der Waals surface area contributed by atoms with Crippen LogP contribution in [-0.4, -0.2) is 22.9 Å². The minimum atomic E-state index is -0.398. The fourth-order valence-corrected chi connectivity index (χ4v) is 1.60. The molecule has 0 amide bonds. The van der Waals surface area contributed by atoms with Crippen molar-refractivity contribution < 1.29 is 9.53 Å². The van der Waals surface area contributed by atoms with Gasteiger partial charge in [-0.25, -0.2) is 9.48 Å². The molecular weight excluding hydrogens is 252 g/mol. The molecule has 1 heterocycles. The Hall–Kier alpha value is -2.07. The summed E-state index contributed by atoms with van der Waals surface area (Å²) < 4.78 is 6.19. The summed E-state index contributed by atoms with van der Waals surface area (Å²) in [5.41, 5.74) is 1.67. The quantitative estimate of drug-likeness (QED) is 0.631. The van der Waals surface area contributed by atoms with Crippen molar-refractivity contribution in [3.8, 4) is 5.69 Å². The van der Waals surface area contributed by atoms with E-state index >= 15 is 0 Å². The van der Waals surface area contributed by atoms with E-state index < -0.39 is 5.97 Å². The molecule has 0 aliphatic rings. The number of carbonyl (C=O) groups excluding carboxylic acids is 1. The molecule has 1 aromatic carbocycles. The van der Waals surface area contributed by atoms with Gasteiger partial charge in [0, 0.05) is 22.9 Å². The zero-order chi connectivity index (χ0) is 13.0. The molecule has 0 fully saturated rings. The van der Waals surface area contributed by atoms with Gasteiger partial charge >= 0.3 is 5.97 Å². The molecule has 0 radical (unpaired) electrons. The maximum atomic E-state index is 11.0. The predicted molar refractivity (Wildman–Crippen MR) is 69.6 cm³/mol. The van der Waals surface area contributed by atoms with E-state index in [2.05, 4.69) is 9.84 Å². The SMILES string of the molecule is COC(=O)C=Cc1cnn(-c2cccc(Cl)c2)c1. The Morgan fingerprint density at radius 1 is 1.50 bits per heavy atom. The highest BCUT2D eigenvalue weighted by atomic mass is 35.5. The summed E-state index contributed by atoms with van der Waals surface area (Å²) in [6.45, 7) is 0. The number of esters is 1. The van der Waals surface area contributed by atoms with Crippen molar-refractivity contribution in [3.05, 3.63) is 53.3 Å². The van der Waals surface area contributed by atoms with Crippen LogP contribution in [0, 0.1) is 0 Å². The Kier molecular flexibility index (Phi) is 3.79. The van der Waals surface area contributed by atoms with Gasteiger partial charge in [-0.1, -0.05) is 17.7 Å². The lowest BCUT2D eigenvalue weighted by atomic mass is 10.3. The molecular formula is C13H11ClN2O2. The largest absolute Gasteiger partial charge is 0.466 e. The average molecular weight is 263 g/mol. The number of benzene rings is 1. The molecule has 0 unspecified atom stereocenters. The van der Waals surface area contributed by atoms with Gasteiger partial charge in [-0.2, -0.15) is 5.10 Å². The van der Waals surface area contributed by atoms with E-state index in [0.29, 0.717) is 5.02 Å². The fourth-order valence-electron chi connectivity index (χ4n) is 1.41. The van der Waals surface area contributed by atoms with Gasteiger partial charge in [-0.05, 0) is 24.3 Å². The Balaban J connectivity index is 2.20. The van der Waals surface area contributed by atoms with E-state index in [1.165, 1.54) is 13.2 Å². The first kappa shape index (κ1) is 12.4. The monoisotopic (exact) mass is 262 g/mol. The second-order valence-corrected chi connectivity index (χ2v) is 3.99. The molecule has 2 aromatic rings. The third-order valence-electron chi connectivity index (χ3n) is 2.29. The molecule has 0 bridgehead atoms. The number of halogens is 1. The Morgan fingerprint density at radius 2 is 2.33 bits per heavy atom. The number of hydrogen-bond acceptors (Lipinski definition) is 3. The number of aromatic nitrogens is 2. The van der Waals surface area contributed by atoms with Crippen LogP contribution in [0.5, 0.6) is 0 Å². The minimum absolute atomic E-state index is 0.398. The second kappa shape index (κ2) is 5.51. The van der Waals surface area contributed by atoms with Gasteiger partial charge in [-0.15, -0.1) is 0 Å². The maximum Gasteiger partial charge on any atom is 0.330 e. The summed E-state index contributed by atoms with van der Waals surface area (Å²) in [7, 11) is 1.34. The van der Waals surface area contributed by atoms with Gasteiger partial charge in [0.15, 0.2) is 0 Å². The van der Waals surface area contributed by atoms with Crippen molar-refractivity contribution in [3.63, 3.8) is 0 Å². The zero-order valence-corrected chi connectivity index (χ0v) is 10.5. The third-order valence-corrected chi connectivity index (χ3v) is 2.52. The molecule has 18 heavy (non-hydrogen) atoms. The maximum absolute atomic E-state index is 11.0. The molecule has 0 atom stereocenters. The van der Waals surface area contributed by atoms with Gasteiger partial charge in [0.1, 0.15) is 0 Å². The number of methoxy groups -OCH3 is 1. The molecule has 5 heteroatoms. The van der Waals surface area contributed by atoms with Crippen molar-refractivity contribution in [1.29, 1.82) is 0 Å². The van der Waals surface area contributed by atoms with Gasteiger partial charge < -0.3 is 4.74 Å². The van der Waals surface area contributed by atoms with Crippen molar-refractivity contribution in [1.82, 2.24) is 9.78 Å². The highest BCUT2D eigenvalue weighted by molar-refractivity contribution is 6.30. The molecule has 0 N–H and O–H groups in total. The Morgan fingerprint density at radius 3 is 3.06 bits per heavy atom. The Labute approximate surface area is 109 Å². The number of rotatable bonds is 3.